The third kappa shape index (κ3) is 8.52. The molecule has 4 N–H and O–H groups in total. The maximum absolute atomic E-state index is 6.10. The lowest BCUT2D eigenvalue weighted by Gasteiger charge is -2.22. The number of nitrogens with two attached hydrogens (primary N) is 2. The second kappa shape index (κ2) is 12.1. The van der Waals surface area contributed by atoms with E-state index in [1.807, 2.05) is 19.1 Å². The van der Waals surface area contributed by atoms with E-state index in [-0.39, 0.29) is 36.9 Å². The molecule has 1 rings (SSSR count). The Kier molecular flexibility index (Phi) is 13.1. The second-order valence-electron chi connectivity index (χ2n) is 5.32. The highest BCUT2D eigenvalue weighted by Gasteiger charge is 2.16. The minimum absolute atomic E-state index is 0. The summed E-state index contributed by atoms with van der Waals surface area (Å²) in [6.07, 6.45) is 2.97. The minimum atomic E-state index is 0. The van der Waals surface area contributed by atoms with Crippen LogP contribution in [-0.2, 0) is 0 Å². The molecule has 0 radical (unpaired) electrons. The molecular weight excluding hydrogens is 307 g/mol. The van der Waals surface area contributed by atoms with Crippen molar-refractivity contribution in [2.45, 2.75) is 58.0 Å². The normalized spacial score (nSPS) is 14.3. The first kappa shape index (κ1) is 22.8. The third-order valence-corrected chi connectivity index (χ3v) is 3.43. The maximum Gasteiger partial charge on any atom is 0.119 e. The summed E-state index contributed by atoms with van der Waals surface area (Å²) < 4.78 is 5.47. The zero-order valence-electron chi connectivity index (χ0n) is 13.2. The van der Waals surface area contributed by atoms with Crippen molar-refractivity contribution in [3.05, 3.63) is 29.8 Å². The van der Waals surface area contributed by atoms with Gasteiger partial charge >= 0.3 is 0 Å². The van der Waals surface area contributed by atoms with Crippen LogP contribution in [0, 0.1) is 0 Å². The molecule has 0 saturated heterocycles. The van der Waals surface area contributed by atoms with E-state index in [0.29, 0.717) is 12.5 Å². The van der Waals surface area contributed by atoms with Crippen molar-refractivity contribution in [1.82, 2.24) is 0 Å². The van der Waals surface area contributed by atoms with E-state index < -0.39 is 0 Å². The van der Waals surface area contributed by atoms with Crippen molar-refractivity contribution in [3.63, 3.8) is 0 Å². The van der Waals surface area contributed by atoms with Gasteiger partial charge in [0.15, 0.2) is 0 Å². The van der Waals surface area contributed by atoms with Crippen molar-refractivity contribution >= 4 is 24.8 Å². The Hall–Kier alpha value is -0.480. The van der Waals surface area contributed by atoms with Crippen LogP contribution < -0.4 is 16.2 Å². The van der Waals surface area contributed by atoms with E-state index in [0.717, 1.165) is 25.0 Å². The largest absolute Gasteiger partial charge is 0.494 e. The molecule has 21 heavy (non-hydrogen) atoms. The van der Waals surface area contributed by atoms with Gasteiger partial charge in [0, 0.05) is 12.1 Å². The molecule has 124 valence electrons. The van der Waals surface area contributed by atoms with Gasteiger partial charge in [0.05, 0.1) is 6.61 Å². The maximum atomic E-state index is 6.10. The minimum Gasteiger partial charge on any atom is -0.494 e. The van der Waals surface area contributed by atoms with Gasteiger partial charge < -0.3 is 16.2 Å². The fourth-order valence-corrected chi connectivity index (χ4v) is 2.35. The molecule has 1 aromatic carbocycles. The predicted octanol–water partition coefficient (Wildman–Crippen LogP) is 3.88. The van der Waals surface area contributed by atoms with Crippen LogP contribution in [0.5, 0.6) is 5.75 Å². The molecule has 0 aliphatic carbocycles. The molecule has 0 saturated carbocycles. The van der Waals surface area contributed by atoms with E-state index in [4.69, 9.17) is 16.2 Å². The summed E-state index contributed by atoms with van der Waals surface area (Å²) in [6.45, 7) is 6.88. The molecule has 0 amide bonds. The SMILES string of the molecule is CCOc1ccc(C(CC(C)N)CC(N)CC)cc1.Cl.Cl. The van der Waals surface area contributed by atoms with E-state index >= 15 is 0 Å². The Morgan fingerprint density at radius 2 is 1.57 bits per heavy atom. The van der Waals surface area contributed by atoms with Crippen LogP contribution >= 0.6 is 24.8 Å². The lowest BCUT2D eigenvalue weighted by molar-refractivity contribution is 0.340. The van der Waals surface area contributed by atoms with Crippen LogP contribution in [0.2, 0.25) is 0 Å². The first-order valence-electron chi connectivity index (χ1n) is 7.30. The average molecular weight is 337 g/mol. The fourth-order valence-electron chi connectivity index (χ4n) is 2.35. The Balaban J connectivity index is 0. The van der Waals surface area contributed by atoms with Crippen molar-refractivity contribution in [3.8, 4) is 5.75 Å². The van der Waals surface area contributed by atoms with Crippen LogP contribution in [0.15, 0.2) is 24.3 Å². The first-order valence-corrected chi connectivity index (χ1v) is 7.30. The Morgan fingerprint density at radius 1 is 1.00 bits per heavy atom. The molecule has 3 nitrogen and oxygen atoms in total. The Morgan fingerprint density at radius 3 is 2.00 bits per heavy atom. The lowest BCUT2D eigenvalue weighted by atomic mass is 9.87. The van der Waals surface area contributed by atoms with Gasteiger partial charge in [-0.1, -0.05) is 19.1 Å². The smallest absolute Gasteiger partial charge is 0.119 e. The highest BCUT2D eigenvalue weighted by Crippen LogP contribution is 2.28. The van der Waals surface area contributed by atoms with Crippen LogP contribution in [-0.4, -0.2) is 18.7 Å². The molecule has 0 fully saturated rings. The quantitative estimate of drug-likeness (QED) is 0.757. The molecule has 0 aliphatic rings. The van der Waals surface area contributed by atoms with Gasteiger partial charge in [-0.05, 0) is 56.7 Å². The van der Waals surface area contributed by atoms with Crippen molar-refractivity contribution in [1.29, 1.82) is 0 Å². The zero-order valence-corrected chi connectivity index (χ0v) is 14.9. The van der Waals surface area contributed by atoms with Crippen molar-refractivity contribution < 1.29 is 4.74 Å². The Bertz CT molecular complexity index is 358. The van der Waals surface area contributed by atoms with Gasteiger partial charge in [-0.15, -0.1) is 24.8 Å². The number of benzene rings is 1. The average Bonchev–Trinajstić information content (AvgIpc) is 2.38. The van der Waals surface area contributed by atoms with Crippen LogP contribution in [0.3, 0.4) is 0 Å². The number of ether oxygens (including phenoxy) is 1. The number of hydrogen-bond donors (Lipinski definition) is 2. The summed E-state index contributed by atoms with van der Waals surface area (Å²) in [5.74, 6) is 1.36. The summed E-state index contributed by atoms with van der Waals surface area (Å²) in [6, 6.07) is 8.78. The summed E-state index contributed by atoms with van der Waals surface area (Å²) in [4.78, 5) is 0. The number of rotatable bonds is 8. The molecule has 5 heteroatoms. The van der Waals surface area contributed by atoms with Gasteiger partial charge in [0.2, 0.25) is 0 Å². The predicted molar refractivity (Wildman–Crippen MR) is 96.0 cm³/mol. The molecule has 0 bridgehead atoms. The highest BCUT2D eigenvalue weighted by molar-refractivity contribution is 5.85. The van der Waals surface area contributed by atoms with Crippen molar-refractivity contribution in [2.75, 3.05) is 6.61 Å². The van der Waals surface area contributed by atoms with Gasteiger partial charge in [0.1, 0.15) is 5.75 Å². The summed E-state index contributed by atoms with van der Waals surface area (Å²) in [5.41, 5.74) is 13.4. The molecule has 3 unspecified atom stereocenters. The van der Waals surface area contributed by atoms with Crippen molar-refractivity contribution in [2.24, 2.45) is 11.5 Å². The summed E-state index contributed by atoms with van der Waals surface area (Å²) in [5, 5.41) is 0. The van der Waals surface area contributed by atoms with Crippen LogP contribution in [0.25, 0.3) is 0 Å². The lowest BCUT2D eigenvalue weighted by Crippen LogP contribution is -2.25. The second-order valence-corrected chi connectivity index (χ2v) is 5.32. The molecule has 1 aromatic rings. The summed E-state index contributed by atoms with van der Waals surface area (Å²) in [7, 11) is 0. The van der Waals surface area contributed by atoms with E-state index in [2.05, 4.69) is 26.0 Å². The zero-order chi connectivity index (χ0) is 14.3. The fraction of sp³-hybridized carbons (Fsp3) is 0.625. The van der Waals surface area contributed by atoms with Gasteiger partial charge in [-0.3, -0.25) is 0 Å². The topological polar surface area (TPSA) is 61.3 Å². The molecule has 3 atom stereocenters. The molecule has 0 heterocycles. The molecular formula is C16H30Cl2N2O. The number of hydrogen-bond acceptors (Lipinski definition) is 3. The summed E-state index contributed by atoms with van der Waals surface area (Å²) >= 11 is 0. The molecule has 0 aromatic heterocycles. The van der Waals surface area contributed by atoms with Crippen LogP contribution in [0.1, 0.15) is 51.5 Å². The highest BCUT2D eigenvalue weighted by atomic mass is 35.5. The monoisotopic (exact) mass is 336 g/mol. The van der Waals surface area contributed by atoms with Gasteiger partial charge in [0.25, 0.3) is 0 Å². The van der Waals surface area contributed by atoms with Crippen LogP contribution in [0.4, 0.5) is 0 Å². The molecule has 0 aliphatic heterocycles. The Labute approximate surface area is 141 Å². The standard InChI is InChI=1S/C16H28N2O.2ClH/c1-4-15(18)11-14(10-12(3)17)13-6-8-16(9-7-13)19-5-2;;/h6-9,12,14-15H,4-5,10-11,17-18H2,1-3H3;2*1H. The van der Waals surface area contributed by atoms with E-state index in [9.17, 15) is 0 Å². The van der Waals surface area contributed by atoms with E-state index in [1.165, 1.54) is 5.56 Å². The van der Waals surface area contributed by atoms with E-state index in [1.54, 1.807) is 0 Å². The third-order valence-electron chi connectivity index (χ3n) is 3.43. The van der Waals surface area contributed by atoms with Gasteiger partial charge in [-0.25, -0.2) is 0 Å². The molecule has 0 spiro atoms. The first-order chi connectivity index (χ1) is 9.06. The number of halogens is 2. The van der Waals surface area contributed by atoms with Gasteiger partial charge in [-0.2, -0.15) is 0 Å².